The molecule has 1 spiro atoms. The number of carboxylic acids is 1. The highest BCUT2D eigenvalue weighted by Crippen LogP contribution is 2.50. The largest absolute Gasteiger partial charge is 0.481 e. The first-order chi connectivity index (χ1) is 7.06. The predicted octanol–water partition coefficient (Wildman–Crippen LogP) is 1.73. The van der Waals surface area contributed by atoms with Crippen LogP contribution < -0.4 is 5.32 Å². The lowest BCUT2D eigenvalue weighted by molar-refractivity contribution is -0.147. The molecule has 2 aliphatic rings. The molecule has 1 heterocycles. The first-order valence-electron chi connectivity index (χ1n) is 6.00. The Morgan fingerprint density at radius 1 is 1.40 bits per heavy atom. The first kappa shape index (κ1) is 10.9. The second kappa shape index (κ2) is 3.78. The minimum atomic E-state index is -0.610. The Bertz CT molecular complexity index is 266. The van der Waals surface area contributed by atoms with Gasteiger partial charge in [0.05, 0.1) is 5.92 Å². The third-order valence-electron chi connectivity index (χ3n) is 4.60. The van der Waals surface area contributed by atoms with Gasteiger partial charge in [-0.15, -0.1) is 0 Å². The van der Waals surface area contributed by atoms with Crippen LogP contribution >= 0.6 is 0 Å². The van der Waals surface area contributed by atoms with E-state index in [1.165, 1.54) is 12.8 Å². The molecule has 1 saturated carbocycles. The van der Waals surface area contributed by atoms with Crippen molar-refractivity contribution in [2.45, 2.75) is 33.1 Å². The molecule has 1 aliphatic carbocycles. The van der Waals surface area contributed by atoms with Crippen molar-refractivity contribution in [3.63, 3.8) is 0 Å². The van der Waals surface area contributed by atoms with Gasteiger partial charge in [0.1, 0.15) is 0 Å². The summed E-state index contributed by atoms with van der Waals surface area (Å²) in [5, 5.41) is 12.6. The Morgan fingerprint density at radius 2 is 2.13 bits per heavy atom. The molecule has 0 amide bonds. The molecular weight excluding hydrogens is 190 g/mol. The third-order valence-corrected chi connectivity index (χ3v) is 4.60. The molecule has 1 aliphatic heterocycles. The van der Waals surface area contributed by atoms with Gasteiger partial charge in [-0.3, -0.25) is 4.79 Å². The molecule has 86 valence electrons. The molecule has 3 heteroatoms. The maximum absolute atomic E-state index is 11.3. The van der Waals surface area contributed by atoms with Crippen molar-refractivity contribution < 1.29 is 9.90 Å². The fraction of sp³-hybridized carbons (Fsp3) is 0.917. The molecular formula is C12H21NO2. The van der Waals surface area contributed by atoms with Gasteiger partial charge in [0.15, 0.2) is 0 Å². The first-order valence-corrected chi connectivity index (χ1v) is 6.00. The summed E-state index contributed by atoms with van der Waals surface area (Å²) in [4.78, 5) is 11.3. The maximum Gasteiger partial charge on any atom is 0.308 e. The summed E-state index contributed by atoms with van der Waals surface area (Å²) in [6.45, 7) is 6.04. The summed E-state index contributed by atoms with van der Waals surface area (Å²) in [5.41, 5.74) is 0.0312. The average molecular weight is 211 g/mol. The van der Waals surface area contributed by atoms with Gasteiger partial charge < -0.3 is 10.4 Å². The van der Waals surface area contributed by atoms with Gasteiger partial charge in [-0.1, -0.05) is 20.3 Å². The van der Waals surface area contributed by atoms with Crippen LogP contribution in [0, 0.1) is 23.2 Å². The van der Waals surface area contributed by atoms with Crippen LogP contribution in [-0.4, -0.2) is 24.2 Å². The monoisotopic (exact) mass is 211 g/mol. The second-order valence-electron chi connectivity index (χ2n) is 5.54. The standard InChI is InChI=1S/C12H21NO2/c1-8-3-4-9(2)12(5-8)7-13-6-10(12)11(14)15/h8-10,13H,3-7H2,1-2H3,(H,14,15). The number of nitrogens with one attached hydrogen (secondary N) is 1. The Kier molecular flexibility index (Phi) is 2.75. The average Bonchev–Trinajstić information content (AvgIpc) is 2.57. The molecule has 3 nitrogen and oxygen atoms in total. The van der Waals surface area contributed by atoms with Crippen molar-refractivity contribution in [3.8, 4) is 0 Å². The molecule has 0 aromatic heterocycles. The minimum Gasteiger partial charge on any atom is -0.481 e. The fourth-order valence-corrected chi connectivity index (χ4v) is 3.62. The van der Waals surface area contributed by atoms with E-state index in [0.717, 1.165) is 13.0 Å². The second-order valence-corrected chi connectivity index (χ2v) is 5.54. The Balaban J connectivity index is 2.25. The molecule has 4 unspecified atom stereocenters. The Hall–Kier alpha value is -0.570. The van der Waals surface area contributed by atoms with Crippen molar-refractivity contribution in [1.82, 2.24) is 5.32 Å². The predicted molar refractivity (Wildman–Crippen MR) is 58.6 cm³/mol. The lowest BCUT2D eigenvalue weighted by Crippen LogP contribution is -2.44. The molecule has 0 aromatic carbocycles. The molecule has 0 bridgehead atoms. The minimum absolute atomic E-state index is 0.0312. The summed E-state index contributed by atoms with van der Waals surface area (Å²) in [6.07, 6.45) is 3.53. The molecule has 15 heavy (non-hydrogen) atoms. The number of carbonyl (C=O) groups is 1. The van der Waals surface area contributed by atoms with Crippen LogP contribution in [0.1, 0.15) is 33.1 Å². The topological polar surface area (TPSA) is 49.3 Å². The van der Waals surface area contributed by atoms with Gasteiger partial charge in [0, 0.05) is 18.5 Å². The zero-order chi connectivity index (χ0) is 11.1. The highest BCUT2D eigenvalue weighted by atomic mass is 16.4. The lowest BCUT2D eigenvalue weighted by atomic mass is 9.59. The molecule has 2 rings (SSSR count). The van der Waals surface area contributed by atoms with Crippen LogP contribution in [0.3, 0.4) is 0 Å². The van der Waals surface area contributed by atoms with Crippen LogP contribution in [0.15, 0.2) is 0 Å². The summed E-state index contributed by atoms with van der Waals surface area (Å²) >= 11 is 0. The van der Waals surface area contributed by atoms with Gasteiger partial charge in [-0.2, -0.15) is 0 Å². The fourth-order valence-electron chi connectivity index (χ4n) is 3.62. The van der Waals surface area contributed by atoms with E-state index >= 15 is 0 Å². The van der Waals surface area contributed by atoms with E-state index in [1.807, 2.05) is 0 Å². The van der Waals surface area contributed by atoms with Crippen molar-refractivity contribution in [1.29, 1.82) is 0 Å². The zero-order valence-corrected chi connectivity index (χ0v) is 9.62. The smallest absolute Gasteiger partial charge is 0.308 e. The van der Waals surface area contributed by atoms with Gasteiger partial charge in [-0.25, -0.2) is 0 Å². The maximum atomic E-state index is 11.3. The third kappa shape index (κ3) is 1.67. The van der Waals surface area contributed by atoms with Gasteiger partial charge in [0.2, 0.25) is 0 Å². The number of carboxylic acid groups (broad SMARTS) is 1. The molecule has 2 fully saturated rings. The van der Waals surface area contributed by atoms with E-state index in [9.17, 15) is 9.90 Å². The van der Waals surface area contributed by atoms with E-state index < -0.39 is 5.97 Å². The van der Waals surface area contributed by atoms with Gasteiger partial charge in [0.25, 0.3) is 0 Å². The van der Waals surface area contributed by atoms with Crippen LogP contribution in [0.25, 0.3) is 0 Å². The van der Waals surface area contributed by atoms with Crippen molar-refractivity contribution >= 4 is 5.97 Å². The van der Waals surface area contributed by atoms with Gasteiger partial charge >= 0.3 is 5.97 Å². The van der Waals surface area contributed by atoms with E-state index in [4.69, 9.17) is 0 Å². The van der Waals surface area contributed by atoms with E-state index in [0.29, 0.717) is 18.4 Å². The lowest BCUT2D eigenvalue weighted by Gasteiger charge is -2.44. The van der Waals surface area contributed by atoms with Crippen molar-refractivity contribution in [3.05, 3.63) is 0 Å². The number of hydrogen-bond donors (Lipinski definition) is 2. The highest BCUT2D eigenvalue weighted by molar-refractivity contribution is 5.72. The van der Waals surface area contributed by atoms with Crippen molar-refractivity contribution in [2.24, 2.45) is 23.2 Å². The Morgan fingerprint density at radius 3 is 2.80 bits per heavy atom. The Labute approximate surface area is 91.2 Å². The molecule has 1 saturated heterocycles. The zero-order valence-electron chi connectivity index (χ0n) is 9.62. The molecule has 2 N–H and O–H groups in total. The summed E-state index contributed by atoms with van der Waals surface area (Å²) in [7, 11) is 0. The molecule has 4 atom stereocenters. The van der Waals surface area contributed by atoms with Crippen molar-refractivity contribution in [2.75, 3.05) is 13.1 Å². The van der Waals surface area contributed by atoms with Crippen LogP contribution in [-0.2, 0) is 4.79 Å². The summed E-state index contributed by atoms with van der Waals surface area (Å²) in [5.74, 6) is 0.448. The van der Waals surface area contributed by atoms with Crippen LogP contribution in [0.4, 0.5) is 0 Å². The number of rotatable bonds is 1. The highest BCUT2D eigenvalue weighted by Gasteiger charge is 2.52. The number of aliphatic carboxylic acids is 1. The van der Waals surface area contributed by atoms with Gasteiger partial charge in [-0.05, 0) is 24.7 Å². The van der Waals surface area contributed by atoms with E-state index in [1.54, 1.807) is 0 Å². The summed E-state index contributed by atoms with van der Waals surface area (Å²) in [6, 6.07) is 0. The number of hydrogen-bond acceptors (Lipinski definition) is 2. The van der Waals surface area contributed by atoms with E-state index in [-0.39, 0.29) is 11.3 Å². The molecule has 0 radical (unpaired) electrons. The SMILES string of the molecule is CC1CCC(C)C2(CNCC2C(=O)O)C1. The quantitative estimate of drug-likeness (QED) is 0.694. The normalized spacial score (nSPS) is 45.9. The van der Waals surface area contributed by atoms with Crippen LogP contribution in [0.2, 0.25) is 0 Å². The summed E-state index contributed by atoms with van der Waals surface area (Å²) < 4.78 is 0. The van der Waals surface area contributed by atoms with E-state index in [2.05, 4.69) is 19.2 Å². The molecule has 0 aromatic rings. The van der Waals surface area contributed by atoms with Crippen LogP contribution in [0.5, 0.6) is 0 Å².